The molecular weight excluding hydrogens is 751 g/mol. The van der Waals surface area contributed by atoms with Gasteiger partial charge in [0.2, 0.25) is 0 Å². The fraction of sp³-hybridized carbons (Fsp3) is 0.102. The number of hydrogen-bond acceptors (Lipinski definition) is 2. The molecule has 0 unspecified atom stereocenters. The molecule has 0 N–H and O–H groups in total. The van der Waals surface area contributed by atoms with Crippen molar-refractivity contribution in [3.63, 3.8) is 0 Å². The summed E-state index contributed by atoms with van der Waals surface area (Å²) in [6.07, 6.45) is 0. The zero-order chi connectivity index (χ0) is 41.7. The molecule has 10 aromatic rings. The number of fused-ring (bicyclic) bond motifs is 9. The normalized spacial score (nSPS) is 14.1. The summed E-state index contributed by atoms with van der Waals surface area (Å²) in [5.74, 6) is 0. The fourth-order valence-electron chi connectivity index (χ4n) is 10.9. The molecule has 0 saturated heterocycles. The summed E-state index contributed by atoms with van der Waals surface area (Å²) >= 11 is 0. The van der Waals surface area contributed by atoms with Crippen LogP contribution in [0.15, 0.2) is 200 Å². The Morgan fingerprint density at radius 2 is 0.952 bits per heavy atom. The monoisotopic (exact) mass is 795 g/mol. The standard InChI is InChI=1S/C59H45N3/c1-58(2)48-32-19-17-30-46(48)53-49(58)33-20-34-51(53)61(41-35-36-43-42-27-16-18-31-47(42)59(3,4)50(43)37-41)57-45-29-15-14-28-44(45)56-52(38-21-8-5-9-22-38)54(39-23-10-6-11-24-39)60-62(56)55(57)40-25-12-7-13-26-40/h5-37H,1-4H3. The lowest BCUT2D eigenvalue weighted by Gasteiger charge is -2.33. The summed E-state index contributed by atoms with van der Waals surface area (Å²) in [7, 11) is 0. The molecule has 0 aliphatic heterocycles. The Morgan fingerprint density at radius 1 is 0.419 bits per heavy atom. The highest BCUT2D eigenvalue weighted by molar-refractivity contribution is 6.16. The number of pyridine rings is 1. The molecule has 12 rings (SSSR count). The first-order chi connectivity index (χ1) is 30.3. The van der Waals surface area contributed by atoms with Gasteiger partial charge in [-0.15, -0.1) is 0 Å². The third-order valence-corrected chi connectivity index (χ3v) is 13.8. The summed E-state index contributed by atoms with van der Waals surface area (Å²) in [5, 5.41) is 8.04. The van der Waals surface area contributed by atoms with E-state index >= 15 is 0 Å². The lowest BCUT2D eigenvalue weighted by molar-refractivity contribution is 0.660. The Kier molecular flexibility index (Phi) is 7.92. The van der Waals surface area contributed by atoms with Gasteiger partial charge >= 0.3 is 0 Å². The van der Waals surface area contributed by atoms with Gasteiger partial charge in [0.25, 0.3) is 0 Å². The first-order valence-corrected chi connectivity index (χ1v) is 21.7. The quantitative estimate of drug-likeness (QED) is 0.167. The number of nitrogens with zero attached hydrogens (tertiary/aromatic N) is 3. The van der Waals surface area contributed by atoms with Gasteiger partial charge in [-0.1, -0.05) is 210 Å². The highest BCUT2D eigenvalue weighted by Gasteiger charge is 2.40. The van der Waals surface area contributed by atoms with Gasteiger partial charge in [0.15, 0.2) is 0 Å². The molecule has 62 heavy (non-hydrogen) atoms. The number of anilines is 3. The van der Waals surface area contributed by atoms with Crippen LogP contribution in [0.3, 0.4) is 0 Å². The first-order valence-electron chi connectivity index (χ1n) is 21.7. The SMILES string of the molecule is CC1(C)c2ccccc2-c2ccc(N(c3cccc4c3-c3ccccc3C4(C)C)c3c(-c4ccccc4)n4nc(-c5ccccc5)c(-c5ccccc5)c4c4ccccc34)cc21. The lowest BCUT2D eigenvalue weighted by Crippen LogP contribution is -2.19. The average Bonchev–Trinajstić information content (AvgIpc) is 3.91. The van der Waals surface area contributed by atoms with Crippen molar-refractivity contribution in [2.24, 2.45) is 0 Å². The fourth-order valence-corrected chi connectivity index (χ4v) is 10.9. The van der Waals surface area contributed by atoms with E-state index in [1.807, 2.05) is 0 Å². The molecule has 0 spiro atoms. The lowest BCUT2D eigenvalue weighted by atomic mass is 9.82. The summed E-state index contributed by atoms with van der Waals surface area (Å²) in [6, 6.07) is 73.4. The molecule has 0 saturated carbocycles. The molecule has 3 heteroatoms. The Bertz CT molecular complexity index is 3390. The van der Waals surface area contributed by atoms with Gasteiger partial charge in [-0.3, -0.25) is 0 Å². The Morgan fingerprint density at radius 3 is 1.66 bits per heavy atom. The van der Waals surface area contributed by atoms with E-state index in [4.69, 9.17) is 5.10 Å². The summed E-state index contributed by atoms with van der Waals surface area (Å²) in [4.78, 5) is 2.58. The van der Waals surface area contributed by atoms with Crippen molar-refractivity contribution in [1.82, 2.24) is 9.61 Å². The smallest absolute Gasteiger partial charge is 0.101 e. The Balaban J connectivity index is 1.27. The number of aromatic nitrogens is 2. The molecule has 0 radical (unpaired) electrons. The van der Waals surface area contributed by atoms with Gasteiger partial charge in [0, 0.05) is 49.5 Å². The van der Waals surface area contributed by atoms with Crippen LogP contribution in [0.1, 0.15) is 49.9 Å². The highest BCUT2D eigenvalue weighted by Crippen LogP contribution is 2.58. The molecule has 2 heterocycles. The van der Waals surface area contributed by atoms with Crippen LogP contribution in [-0.4, -0.2) is 9.61 Å². The van der Waals surface area contributed by atoms with Crippen molar-refractivity contribution in [3.8, 4) is 55.9 Å². The van der Waals surface area contributed by atoms with E-state index in [2.05, 4.69) is 237 Å². The van der Waals surface area contributed by atoms with Crippen LogP contribution in [0.4, 0.5) is 17.1 Å². The largest absolute Gasteiger partial charge is 0.307 e. The molecule has 8 aromatic carbocycles. The van der Waals surface area contributed by atoms with Gasteiger partial charge in [0.05, 0.1) is 22.6 Å². The van der Waals surface area contributed by atoms with E-state index in [-0.39, 0.29) is 10.8 Å². The molecule has 296 valence electrons. The van der Waals surface area contributed by atoms with Crippen LogP contribution >= 0.6 is 0 Å². The van der Waals surface area contributed by atoms with Crippen LogP contribution in [0, 0.1) is 0 Å². The van der Waals surface area contributed by atoms with Crippen LogP contribution in [-0.2, 0) is 10.8 Å². The van der Waals surface area contributed by atoms with Gasteiger partial charge in [-0.25, -0.2) is 4.52 Å². The Hall–Kier alpha value is -7.49. The summed E-state index contributed by atoms with van der Waals surface area (Å²) in [6.45, 7) is 9.50. The Labute approximate surface area is 363 Å². The van der Waals surface area contributed by atoms with Crippen molar-refractivity contribution in [3.05, 3.63) is 222 Å². The molecule has 3 nitrogen and oxygen atoms in total. The zero-order valence-electron chi connectivity index (χ0n) is 35.4. The van der Waals surface area contributed by atoms with E-state index in [0.29, 0.717) is 0 Å². The molecule has 0 bridgehead atoms. The molecule has 2 aliphatic carbocycles. The van der Waals surface area contributed by atoms with E-state index in [1.54, 1.807) is 0 Å². The maximum Gasteiger partial charge on any atom is 0.101 e. The molecular formula is C59H45N3. The number of hydrogen-bond donors (Lipinski definition) is 0. The van der Waals surface area contributed by atoms with Crippen LogP contribution in [0.2, 0.25) is 0 Å². The second-order valence-corrected chi connectivity index (χ2v) is 17.9. The van der Waals surface area contributed by atoms with Crippen molar-refractivity contribution >= 4 is 33.4 Å². The van der Waals surface area contributed by atoms with E-state index in [0.717, 1.165) is 67.0 Å². The van der Waals surface area contributed by atoms with Crippen molar-refractivity contribution in [2.45, 2.75) is 38.5 Å². The molecule has 0 amide bonds. The van der Waals surface area contributed by atoms with E-state index in [9.17, 15) is 0 Å². The van der Waals surface area contributed by atoms with Gasteiger partial charge in [0.1, 0.15) is 5.69 Å². The third kappa shape index (κ3) is 5.15. The number of rotatable bonds is 6. The van der Waals surface area contributed by atoms with E-state index < -0.39 is 0 Å². The molecule has 0 atom stereocenters. The van der Waals surface area contributed by atoms with Crippen molar-refractivity contribution in [2.75, 3.05) is 4.90 Å². The van der Waals surface area contributed by atoms with Crippen LogP contribution in [0.25, 0.3) is 72.2 Å². The van der Waals surface area contributed by atoms with Gasteiger partial charge < -0.3 is 4.90 Å². The molecule has 0 fully saturated rings. The second kappa shape index (κ2) is 13.5. The zero-order valence-corrected chi connectivity index (χ0v) is 35.4. The topological polar surface area (TPSA) is 20.5 Å². The molecule has 2 aromatic heterocycles. The molecule has 2 aliphatic rings. The third-order valence-electron chi connectivity index (χ3n) is 13.8. The average molecular weight is 796 g/mol. The number of benzene rings is 8. The van der Waals surface area contributed by atoms with Gasteiger partial charge in [-0.05, 0) is 62.7 Å². The summed E-state index contributed by atoms with van der Waals surface area (Å²) < 4.78 is 2.26. The predicted octanol–water partition coefficient (Wildman–Crippen LogP) is 15.6. The van der Waals surface area contributed by atoms with Gasteiger partial charge in [-0.2, -0.15) is 5.10 Å². The minimum Gasteiger partial charge on any atom is -0.307 e. The van der Waals surface area contributed by atoms with Crippen molar-refractivity contribution < 1.29 is 0 Å². The summed E-state index contributed by atoms with van der Waals surface area (Å²) in [5.41, 5.74) is 21.0. The highest BCUT2D eigenvalue weighted by atomic mass is 15.3. The maximum atomic E-state index is 5.75. The van der Waals surface area contributed by atoms with E-state index in [1.165, 1.54) is 44.5 Å². The van der Waals surface area contributed by atoms with Crippen LogP contribution in [0.5, 0.6) is 0 Å². The maximum absolute atomic E-state index is 5.75. The minimum atomic E-state index is -0.188. The minimum absolute atomic E-state index is 0.180. The predicted molar refractivity (Wildman–Crippen MR) is 259 cm³/mol. The first kappa shape index (κ1) is 36.4. The van der Waals surface area contributed by atoms with Crippen molar-refractivity contribution in [1.29, 1.82) is 0 Å². The van der Waals surface area contributed by atoms with Crippen LogP contribution < -0.4 is 4.90 Å². The second-order valence-electron chi connectivity index (χ2n) is 17.9.